The predicted octanol–water partition coefficient (Wildman–Crippen LogP) is 1.96. The van der Waals surface area contributed by atoms with Gasteiger partial charge < -0.3 is 15.8 Å². The molecule has 128 valence electrons. The minimum Gasteiger partial charge on any atom is -0.444 e. The van der Waals surface area contributed by atoms with E-state index in [4.69, 9.17) is 10.5 Å². The van der Waals surface area contributed by atoms with Crippen LogP contribution in [0.15, 0.2) is 54.6 Å². The van der Waals surface area contributed by atoms with E-state index in [1.807, 2.05) is 6.07 Å². The molecule has 0 aromatic heterocycles. The quantitative estimate of drug-likeness (QED) is 0.787. The first kappa shape index (κ1) is 16.7. The summed E-state index contributed by atoms with van der Waals surface area (Å²) in [7, 11) is 0. The number of nitrogens with two attached hydrogens (primary N) is 1. The summed E-state index contributed by atoms with van der Waals surface area (Å²) in [6.45, 7) is 0. The highest BCUT2D eigenvalue weighted by molar-refractivity contribution is 5.96. The molecule has 3 rings (SSSR count). The number of ether oxygens (including phenoxy) is 1. The van der Waals surface area contributed by atoms with Crippen molar-refractivity contribution in [2.24, 2.45) is 5.73 Å². The zero-order valence-corrected chi connectivity index (χ0v) is 13.5. The number of hydrogen-bond donors (Lipinski definition) is 2. The van der Waals surface area contributed by atoms with Crippen LogP contribution < -0.4 is 11.1 Å². The van der Waals surface area contributed by atoms with Gasteiger partial charge in [-0.3, -0.25) is 9.59 Å². The Labute approximate surface area is 145 Å². The van der Waals surface area contributed by atoms with Gasteiger partial charge in [-0.05, 0) is 37.1 Å². The first-order valence-corrected chi connectivity index (χ1v) is 8.01. The highest BCUT2D eigenvalue weighted by Gasteiger charge is 2.31. The predicted molar refractivity (Wildman–Crippen MR) is 90.7 cm³/mol. The number of esters is 1. The highest BCUT2D eigenvalue weighted by Crippen LogP contribution is 2.24. The zero-order valence-electron chi connectivity index (χ0n) is 13.5. The summed E-state index contributed by atoms with van der Waals surface area (Å²) in [5.74, 6) is -1.56. The fourth-order valence-corrected chi connectivity index (χ4v) is 2.35. The lowest BCUT2D eigenvalue weighted by atomic mass is 10.1. The lowest BCUT2D eigenvalue weighted by Gasteiger charge is -2.18. The molecular formula is C19H18N2O4. The summed E-state index contributed by atoms with van der Waals surface area (Å²) in [6.07, 6.45) is 0.857. The fraction of sp³-hybridized carbons (Fsp3) is 0.211. The van der Waals surface area contributed by atoms with Crippen LogP contribution in [0, 0.1) is 0 Å². The van der Waals surface area contributed by atoms with Gasteiger partial charge in [0, 0.05) is 17.2 Å². The first-order chi connectivity index (χ1) is 12.0. The summed E-state index contributed by atoms with van der Waals surface area (Å²) in [5, 5.41) is 2.86. The minimum atomic E-state index is -1.02. The van der Waals surface area contributed by atoms with Crippen LogP contribution in [0.4, 0.5) is 0 Å². The Hall–Kier alpha value is -3.15. The van der Waals surface area contributed by atoms with Crippen LogP contribution in [-0.2, 0) is 9.53 Å². The highest BCUT2D eigenvalue weighted by atomic mass is 16.5. The number of primary amides is 1. The molecule has 2 amide bonds. The van der Waals surface area contributed by atoms with Gasteiger partial charge in [0.15, 0.2) is 0 Å². The molecule has 0 saturated heterocycles. The molecule has 2 aromatic carbocycles. The van der Waals surface area contributed by atoms with E-state index in [-0.39, 0.29) is 17.5 Å². The Morgan fingerprint density at radius 3 is 2.12 bits per heavy atom. The number of benzene rings is 2. The van der Waals surface area contributed by atoms with Gasteiger partial charge in [0.2, 0.25) is 12.0 Å². The second kappa shape index (κ2) is 7.17. The molecule has 1 aliphatic rings. The maximum atomic E-state index is 12.5. The van der Waals surface area contributed by atoms with Crippen LogP contribution in [0.2, 0.25) is 0 Å². The van der Waals surface area contributed by atoms with Crippen LogP contribution in [0.1, 0.15) is 45.2 Å². The van der Waals surface area contributed by atoms with Crippen molar-refractivity contribution in [3.63, 3.8) is 0 Å². The topological polar surface area (TPSA) is 98.5 Å². The van der Waals surface area contributed by atoms with Gasteiger partial charge in [-0.2, -0.15) is 0 Å². The first-order valence-electron chi connectivity index (χ1n) is 8.01. The summed E-state index contributed by atoms with van der Waals surface area (Å²) < 4.78 is 5.45. The summed E-state index contributed by atoms with van der Waals surface area (Å²) in [4.78, 5) is 35.9. The van der Waals surface area contributed by atoms with E-state index in [9.17, 15) is 14.4 Å². The van der Waals surface area contributed by atoms with Crippen LogP contribution in [-0.4, -0.2) is 23.8 Å². The van der Waals surface area contributed by atoms with E-state index >= 15 is 0 Å². The van der Waals surface area contributed by atoms with E-state index < -0.39 is 18.0 Å². The molecule has 1 saturated carbocycles. The van der Waals surface area contributed by atoms with Gasteiger partial charge in [-0.1, -0.05) is 30.3 Å². The van der Waals surface area contributed by atoms with Crippen molar-refractivity contribution in [1.29, 1.82) is 0 Å². The number of amides is 2. The third kappa shape index (κ3) is 4.23. The monoisotopic (exact) mass is 338 g/mol. The number of rotatable bonds is 6. The van der Waals surface area contributed by atoms with E-state index in [0.717, 1.165) is 12.8 Å². The van der Waals surface area contributed by atoms with E-state index in [1.54, 1.807) is 24.3 Å². The standard InChI is InChI=1S/C19H18N2O4/c20-17(22)13-6-8-14(9-7-13)19(24)25-16(12-4-2-1-3-5-12)18(23)21-15-10-11-15/h1-9,15-16H,10-11H2,(H2,20,22)(H,21,23)/t16-/m1/s1. The molecule has 2 aromatic rings. The van der Waals surface area contributed by atoms with Crippen molar-refractivity contribution >= 4 is 17.8 Å². The number of nitrogens with one attached hydrogen (secondary N) is 1. The zero-order chi connectivity index (χ0) is 17.8. The Morgan fingerprint density at radius 1 is 0.960 bits per heavy atom. The molecule has 6 nitrogen and oxygen atoms in total. The Morgan fingerprint density at radius 2 is 1.56 bits per heavy atom. The Bertz CT molecular complexity index is 783. The number of carbonyl (C=O) groups excluding carboxylic acids is 3. The average molecular weight is 338 g/mol. The molecule has 1 atom stereocenters. The lowest BCUT2D eigenvalue weighted by molar-refractivity contribution is -0.130. The number of hydrogen-bond acceptors (Lipinski definition) is 4. The van der Waals surface area contributed by atoms with Crippen molar-refractivity contribution in [2.45, 2.75) is 25.0 Å². The molecule has 1 aliphatic carbocycles. The van der Waals surface area contributed by atoms with Gasteiger partial charge in [0.1, 0.15) is 0 Å². The van der Waals surface area contributed by atoms with Crippen molar-refractivity contribution in [2.75, 3.05) is 0 Å². The normalized spacial score (nSPS) is 14.4. The van der Waals surface area contributed by atoms with Gasteiger partial charge in [0.25, 0.3) is 5.91 Å². The van der Waals surface area contributed by atoms with Gasteiger partial charge >= 0.3 is 5.97 Å². The van der Waals surface area contributed by atoms with Crippen LogP contribution in [0.25, 0.3) is 0 Å². The molecule has 0 aliphatic heterocycles. The summed E-state index contributed by atoms with van der Waals surface area (Å²) in [5.41, 5.74) is 6.32. The lowest BCUT2D eigenvalue weighted by Crippen LogP contribution is -2.33. The maximum absolute atomic E-state index is 12.5. The molecular weight excluding hydrogens is 320 g/mol. The van der Waals surface area contributed by atoms with Crippen molar-refractivity contribution < 1.29 is 19.1 Å². The molecule has 0 radical (unpaired) electrons. The smallest absolute Gasteiger partial charge is 0.339 e. The molecule has 25 heavy (non-hydrogen) atoms. The van der Waals surface area contributed by atoms with Gasteiger partial charge in [-0.25, -0.2) is 4.79 Å². The number of carbonyl (C=O) groups is 3. The second-order valence-electron chi connectivity index (χ2n) is 5.92. The van der Waals surface area contributed by atoms with Crippen molar-refractivity contribution in [1.82, 2.24) is 5.32 Å². The van der Waals surface area contributed by atoms with E-state index in [1.165, 1.54) is 24.3 Å². The Balaban J connectivity index is 1.77. The molecule has 0 heterocycles. The molecule has 0 bridgehead atoms. The molecule has 1 fully saturated rings. The molecule has 0 unspecified atom stereocenters. The fourth-order valence-electron chi connectivity index (χ4n) is 2.35. The average Bonchev–Trinajstić information content (AvgIpc) is 3.44. The molecule has 0 spiro atoms. The summed E-state index contributed by atoms with van der Waals surface area (Å²) in [6, 6.07) is 14.8. The van der Waals surface area contributed by atoms with Crippen molar-refractivity contribution in [3.05, 3.63) is 71.3 Å². The third-order valence-electron chi connectivity index (χ3n) is 3.89. The van der Waals surface area contributed by atoms with Gasteiger partial charge in [0.05, 0.1) is 5.56 Å². The SMILES string of the molecule is NC(=O)c1ccc(C(=O)O[C@@H](C(=O)NC2CC2)c2ccccc2)cc1. The van der Waals surface area contributed by atoms with E-state index in [0.29, 0.717) is 11.1 Å². The molecule has 3 N–H and O–H groups in total. The molecule has 6 heteroatoms. The minimum absolute atomic E-state index is 0.160. The van der Waals surface area contributed by atoms with Crippen LogP contribution in [0.3, 0.4) is 0 Å². The summed E-state index contributed by atoms with van der Waals surface area (Å²) >= 11 is 0. The van der Waals surface area contributed by atoms with Crippen molar-refractivity contribution in [3.8, 4) is 0 Å². The van der Waals surface area contributed by atoms with Crippen LogP contribution >= 0.6 is 0 Å². The van der Waals surface area contributed by atoms with E-state index in [2.05, 4.69) is 5.32 Å². The third-order valence-corrected chi connectivity index (χ3v) is 3.89. The second-order valence-corrected chi connectivity index (χ2v) is 5.92. The van der Waals surface area contributed by atoms with Crippen LogP contribution in [0.5, 0.6) is 0 Å². The Kier molecular flexibility index (Phi) is 4.79. The maximum Gasteiger partial charge on any atom is 0.339 e. The van der Waals surface area contributed by atoms with Gasteiger partial charge in [-0.15, -0.1) is 0 Å². The largest absolute Gasteiger partial charge is 0.444 e.